The van der Waals surface area contributed by atoms with Gasteiger partial charge >= 0.3 is 0 Å². The highest BCUT2D eigenvalue weighted by molar-refractivity contribution is 6.33. The molecule has 4 N–H and O–H groups in total. The van der Waals surface area contributed by atoms with Crippen LogP contribution in [0.2, 0.25) is 5.02 Å². The first-order chi connectivity index (χ1) is 9.44. The van der Waals surface area contributed by atoms with Crippen LogP contribution in [0.5, 0.6) is 0 Å². The van der Waals surface area contributed by atoms with Crippen LogP contribution in [-0.4, -0.2) is 42.3 Å². The van der Waals surface area contributed by atoms with Gasteiger partial charge in [0.05, 0.1) is 30.3 Å². The van der Waals surface area contributed by atoms with E-state index in [0.717, 1.165) is 0 Å². The van der Waals surface area contributed by atoms with Crippen LogP contribution in [0.1, 0.15) is 0 Å². The average molecular weight is 297 g/mol. The smallest absolute Gasteiger partial charge is 0.240 e. The largest absolute Gasteiger partial charge is 0.399 e. The summed E-state index contributed by atoms with van der Waals surface area (Å²) in [4.78, 5) is 35.7. The van der Waals surface area contributed by atoms with Crippen LogP contribution in [0, 0.1) is 0 Å². The van der Waals surface area contributed by atoms with Crippen molar-refractivity contribution in [2.24, 2.45) is 0 Å². The third-order valence-electron chi connectivity index (χ3n) is 2.64. The summed E-state index contributed by atoms with van der Waals surface area (Å²) in [7, 11) is 0. The molecule has 1 aliphatic rings. The van der Waals surface area contributed by atoms with Crippen LogP contribution in [0.4, 0.5) is 11.4 Å². The summed E-state index contributed by atoms with van der Waals surface area (Å²) in [6.45, 7) is -0.0715. The minimum Gasteiger partial charge on any atom is -0.399 e. The molecule has 1 aromatic rings. The fourth-order valence-electron chi connectivity index (χ4n) is 1.84. The van der Waals surface area contributed by atoms with Gasteiger partial charge in [0.15, 0.2) is 0 Å². The summed E-state index contributed by atoms with van der Waals surface area (Å²) in [5.74, 6) is -1.22. The number of piperazine rings is 1. The molecule has 0 bridgehead atoms. The van der Waals surface area contributed by atoms with Gasteiger partial charge in [-0.05, 0) is 18.2 Å². The second-order valence-corrected chi connectivity index (χ2v) is 4.81. The standard InChI is InChI=1S/C12H13ClN4O3/c13-8-2-1-7(14)3-9(8)15-10(18)4-17-5-11(19)16-12(20)6-17/h1-3H,4-6,14H2,(H,15,18)(H,16,19,20). The second-order valence-electron chi connectivity index (χ2n) is 4.40. The Balaban J connectivity index is 1.97. The van der Waals surface area contributed by atoms with Crippen LogP contribution in [0.25, 0.3) is 0 Å². The highest BCUT2D eigenvalue weighted by atomic mass is 35.5. The van der Waals surface area contributed by atoms with E-state index in [1.165, 1.54) is 11.0 Å². The number of halogens is 1. The van der Waals surface area contributed by atoms with E-state index >= 15 is 0 Å². The minimum absolute atomic E-state index is 0.00379. The van der Waals surface area contributed by atoms with Gasteiger partial charge in [0.2, 0.25) is 17.7 Å². The maximum absolute atomic E-state index is 11.9. The van der Waals surface area contributed by atoms with Gasteiger partial charge in [-0.15, -0.1) is 0 Å². The number of benzene rings is 1. The molecular weight excluding hydrogens is 284 g/mol. The first kappa shape index (κ1) is 14.3. The molecule has 7 nitrogen and oxygen atoms in total. The van der Waals surface area contributed by atoms with E-state index in [1.807, 2.05) is 0 Å². The van der Waals surface area contributed by atoms with E-state index in [0.29, 0.717) is 16.4 Å². The number of imide groups is 1. The number of carbonyl (C=O) groups excluding carboxylic acids is 3. The summed E-state index contributed by atoms with van der Waals surface area (Å²) < 4.78 is 0. The Morgan fingerprint density at radius 2 is 2.00 bits per heavy atom. The van der Waals surface area contributed by atoms with Gasteiger partial charge in [-0.25, -0.2) is 0 Å². The predicted octanol–water partition coefficient (Wildman–Crippen LogP) is -0.181. The summed E-state index contributed by atoms with van der Waals surface area (Å²) >= 11 is 5.93. The molecule has 1 saturated heterocycles. The molecule has 1 aromatic carbocycles. The summed E-state index contributed by atoms with van der Waals surface area (Å²) in [6, 6.07) is 4.73. The number of nitrogens with two attached hydrogens (primary N) is 1. The zero-order chi connectivity index (χ0) is 14.7. The third kappa shape index (κ3) is 3.69. The number of hydrogen-bond donors (Lipinski definition) is 3. The Labute approximate surface area is 120 Å². The molecule has 3 amide bonds. The highest BCUT2D eigenvalue weighted by Gasteiger charge is 2.24. The van der Waals surface area contributed by atoms with Crippen molar-refractivity contribution in [3.8, 4) is 0 Å². The maximum atomic E-state index is 11.9. The van der Waals surface area contributed by atoms with Crippen LogP contribution in [-0.2, 0) is 14.4 Å². The van der Waals surface area contributed by atoms with Crippen molar-refractivity contribution in [3.63, 3.8) is 0 Å². The van der Waals surface area contributed by atoms with Crippen LogP contribution < -0.4 is 16.4 Å². The topological polar surface area (TPSA) is 105 Å². The molecule has 1 fully saturated rings. The van der Waals surface area contributed by atoms with Crippen molar-refractivity contribution < 1.29 is 14.4 Å². The zero-order valence-corrected chi connectivity index (χ0v) is 11.2. The van der Waals surface area contributed by atoms with E-state index in [1.54, 1.807) is 12.1 Å². The Kier molecular flexibility index (Phi) is 4.21. The molecule has 8 heteroatoms. The first-order valence-corrected chi connectivity index (χ1v) is 6.22. The molecule has 1 aliphatic heterocycles. The molecule has 0 atom stereocenters. The number of carbonyl (C=O) groups is 3. The molecule has 0 saturated carbocycles. The molecule has 0 unspecified atom stereocenters. The number of nitrogen functional groups attached to an aromatic ring is 1. The number of anilines is 2. The van der Waals surface area contributed by atoms with Crippen LogP contribution in [0.3, 0.4) is 0 Å². The fourth-order valence-corrected chi connectivity index (χ4v) is 2.00. The molecule has 0 aliphatic carbocycles. The molecule has 0 spiro atoms. The molecular formula is C12H13ClN4O3. The molecule has 20 heavy (non-hydrogen) atoms. The lowest BCUT2D eigenvalue weighted by atomic mass is 10.2. The average Bonchev–Trinajstić information content (AvgIpc) is 2.32. The lowest BCUT2D eigenvalue weighted by Gasteiger charge is -2.24. The van der Waals surface area contributed by atoms with Crippen molar-refractivity contribution in [1.29, 1.82) is 0 Å². The van der Waals surface area contributed by atoms with E-state index in [4.69, 9.17) is 17.3 Å². The van der Waals surface area contributed by atoms with Crippen molar-refractivity contribution >= 4 is 40.7 Å². The maximum Gasteiger partial charge on any atom is 0.240 e. The third-order valence-corrected chi connectivity index (χ3v) is 2.97. The van der Waals surface area contributed by atoms with E-state index < -0.39 is 11.8 Å². The quantitative estimate of drug-likeness (QED) is 0.530. The van der Waals surface area contributed by atoms with Crippen molar-refractivity contribution in [2.75, 3.05) is 30.7 Å². The van der Waals surface area contributed by atoms with Crippen LogP contribution in [0.15, 0.2) is 18.2 Å². The molecule has 0 radical (unpaired) electrons. The lowest BCUT2D eigenvalue weighted by molar-refractivity contribution is -0.136. The van der Waals surface area contributed by atoms with Crippen molar-refractivity contribution in [1.82, 2.24) is 10.2 Å². The van der Waals surface area contributed by atoms with Gasteiger partial charge in [-0.1, -0.05) is 11.6 Å². The molecule has 1 heterocycles. The Morgan fingerprint density at radius 1 is 1.35 bits per heavy atom. The summed E-state index contributed by atoms with van der Waals surface area (Å²) in [5, 5.41) is 5.11. The Hall–Kier alpha value is -2.12. The first-order valence-electron chi connectivity index (χ1n) is 5.84. The normalized spacial score (nSPS) is 15.8. The van der Waals surface area contributed by atoms with Gasteiger partial charge in [0.25, 0.3) is 0 Å². The van der Waals surface area contributed by atoms with Gasteiger partial charge in [0, 0.05) is 5.69 Å². The van der Waals surface area contributed by atoms with E-state index in [-0.39, 0.29) is 25.5 Å². The Bertz CT molecular complexity index is 560. The van der Waals surface area contributed by atoms with E-state index in [9.17, 15) is 14.4 Å². The monoisotopic (exact) mass is 296 g/mol. The number of amides is 3. The Morgan fingerprint density at radius 3 is 2.65 bits per heavy atom. The minimum atomic E-state index is -0.420. The van der Waals surface area contributed by atoms with Gasteiger partial charge in [-0.3, -0.25) is 24.6 Å². The number of rotatable bonds is 3. The molecule has 0 aromatic heterocycles. The van der Waals surface area contributed by atoms with Gasteiger partial charge in [-0.2, -0.15) is 0 Å². The number of nitrogens with one attached hydrogen (secondary N) is 2. The van der Waals surface area contributed by atoms with Crippen molar-refractivity contribution in [2.45, 2.75) is 0 Å². The lowest BCUT2D eigenvalue weighted by Crippen LogP contribution is -2.53. The van der Waals surface area contributed by atoms with E-state index in [2.05, 4.69) is 10.6 Å². The SMILES string of the molecule is Nc1ccc(Cl)c(NC(=O)CN2CC(=O)NC(=O)C2)c1. The molecule has 2 rings (SSSR count). The highest BCUT2D eigenvalue weighted by Crippen LogP contribution is 2.23. The fraction of sp³-hybridized carbons (Fsp3) is 0.250. The number of nitrogens with zero attached hydrogens (tertiary/aromatic N) is 1. The zero-order valence-electron chi connectivity index (χ0n) is 10.5. The summed E-state index contributed by atoms with van der Waals surface area (Å²) in [6.07, 6.45) is 0. The summed E-state index contributed by atoms with van der Waals surface area (Å²) in [5.41, 5.74) is 6.47. The second kappa shape index (κ2) is 5.89. The van der Waals surface area contributed by atoms with Crippen LogP contribution >= 0.6 is 11.6 Å². The van der Waals surface area contributed by atoms with Crippen molar-refractivity contribution in [3.05, 3.63) is 23.2 Å². The predicted molar refractivity (Wildman–Crippen MR) is 74.1 cm³/mol. The number of hydrogen-bond acceptors (Lipinski definition) is 5. The van der Waals surface area contributed by atoms with Gasteiger partial charge < -0.3 is 11.1 Å². The van der Waals surface area contributed by atoms with Gasteiger partial charge in [0.1, 0.15) is 0 Å². The molecule has 106 valence electrons.